The van der Waals surface area contributed by atoms with Crippen LogP contribution in [0.3, 0.4) is 0 Å². The van der Waals surface area contributed by atoms with Crippen molar-refractivity contribution in [3.05, 3.63) is 34.1 Å². The van der Waals surface area contributed by atoms with Gasteiger partial charge in [0.1, 0.15) is 5.69 Å². The van der Waals surface area contributed by atoms with Crippen molar-refractivity contribution < 1.29 is 4.92 Å². The number of rotatable bonds is 3. The van der Waals surface area contributed by atoms with Gasteiger partial charge in [-0.3, -0.25) is 15.1 Å². The fourth-order valence-corrected chi connectivity index (χ4v) is 0.925. The molecular formula is C7H9N3O2. The monoisotopic (exact) mass is 167 g/mol. The molecule has 0 saturated carbocycles. The van der Waals surface area contributed by atoms with E-state index in [1.807, 2.05) is 0 Å². The molecule has 64 valence electrons. The number of hydrogen-bond donors (Lipinski definition) is 1. The van der Waals surface area contributed by atoms with Crippen LogP contribution < -0.4 is 5.73 Å². The summed E-state index contributed by atoms with van der Waals surface area (Å²) >= 11 is 0. The van der Waals surface area contributed by atoms with Crippen molar-refractivity contribution in [2.24, 2.45) is 5.73 Å². The third-order valence-electron chi connectivity index (χ3n) is 1.44. The molecule has 5 nitrogen and oxygen atoms in total. The molecule has 0 radical (unpaired) electrons. The highest BCUT2D eigenvalue weighted by molar-refractivity contribution is 5.34. The van der Waals surface area contributed by atoms with Gasteiger partial charge in [0.05, 0.1) is 4.92 Å². The van der Waals surface area contributed by atoms with E-state index in [0.717, 1.165) is 0 Å². The summed E-state index contributed by atoms with van der Waals surface area (Å²) in [6, 6.07) is 2.97. The van der Waals surface area contributed by atoms with Crippen LogP contribution in [0, 0.1) is 10.1 Å². The molecule has 2 N–H and O–H groups in total. The van der Waals surface area contributed by atoms with E-state index in [1.54, 1.807) is 0 Å². The summed E-state index contributed by atoms with van der Waals surface area (Å²) in [5.74, 6) is 0. The maximum Gasteiger partial charge on any atom is 0.290 e. The van der Waals surface area contributed by atoms with E-state index in [1.165, 1.54) is 18.3 Å². The fourth-order valence-electron chi connectivity index (χ4n) is 0.925. The van der Waals surface area contributed by atoms with Gasteiger partial charge >= 0.3 is 0 Å². The van der Waals surface area contributed by atoms with E-state index < -0.39 is 4.92 Å². The van der Waals surface area contributed by atoms with E-state index in [0.29, 0.717) is 18.7 Å². The Morgan fingerprint density at radius 1 is 1.67 bits per heavy atom. The molecule has 1 heterocycles. The number of pyridine rings is 1. The lowest BCUT2D eigenvalue weighted by molar-refractivity contribution is -0.385. The number of aromatic nitrogens is 1. The van der Waals surface area contributed by atoms with Gasteiger partial charge in [0.2, 0.25) is 0 Å². The Hall–Kier alpha value is -1.49. The van der Waals surface area contributed by atoms with Crippen LogP contribution in [-0.2, 0) is 6.42 Å². The summed E-state index contributed by atoms with van der Waals surface area (Å²) < 4.78 is 0. The van der Waals surface area contributed by atoms with Gasteiger partial charge in [0.25, 0.3) is 5.69 Å². The topological polar surface area (TPSA) is 82.0 Å². The predicted octanol–water partition coefficient (Wildman–Crippen LogP) is 0.491. The Kier molecular flexibility index (Phi) is 2.71. The lowest BCUT2D eigenvalue weighted by atomic mass is 10.2. The SMILES string of the molecule is NCCc1ncccc1[N+](=O)[O-]. The largest absolute Gasteiger partial charge is 0.330 e. The van der Waals surface area contributed by atoms with Crippen LogP contribution in [-0.4, -0.2) is 16.5 Å². The minimum absolute atomic E-state index is 0.0444. The Bertz CT molecular complexity index is 288. The minimum Gasteiger partial charge on any atom is -0.330 e. The van der Waals surface area contributed by atoms with Gasteiger partial charge in [0, 0.05) is 18.7 Å². The molecule has 5 heteroatoms. The average molecular weight is 167 g/mol. The number of hydrogen-bond acceptors (Lipinski definition) is 4. The van der Waals surface area contributed by atoms with E-state index in [2.05, 4.69) is 4.98 Å². The van der Waals surface area contributed by atoms with Crippen molar-refractivity contribution in [2.75, 3.05) is 6.54 Å². The summed E-state index contributed by atoms with van der Waals surface area (Å²) in [4.78, 5) is 13.8. The van der Waals surface area contributed by atoms with E-state index in [9.17, 15) is 10.1 Å². The molecule has 0 saturated heterocycles. The van der Waals surface area contributed by atoms with Gasteiger partial charge in [-0.15, -0.1) is 0 Å². The Labute approximate surface area is 69.4 Å². The van der Waals surface area contributed by atoms with Crippen LogP contribution in [0.1, 0.15) is 5.69 Å². The molecule has 0 fully saturated rings. The first-order valence-electron chi connectivity index (χ1n) is 3.54. The second kappa shape index (κ2) is 3.77. The third-order valence-corrected chi connectivity index (χ3v) is 1.44. The molecule has 0 atom stereocenters. The van der Waals surface area contributed by atoms with Crippen molar-refractivity contribution >= 4 is 5.69 Å². The smallest absolute Gasteiger partial charge is 0.290 e. The minimum atomic E-state index is -0.446. The van der Waals surface area contributed by atoms with Gasteiger partial charge in [-0.1, -0.05) is 0 Å². The zero-order valence-electron chi connectivity index (χ0n) is 6.43. The van der Waals surface area contributed by atoms with Crippen molar-refractivity contribution in [3.8, 4) is 0 Å². The molecule has 1 aromatic rings. The van der Waals surface area contributed by atoms with Crippen LogP contribution in [0.4, 0.5) is 5.69 Å². The molecule has 0 aliphatic carbocycles. The van der Waals surface area contributed by atoms with Crippen molar-refractivity contribution in [1.82, 2.24) is 4.98 Å². The Balaban J connectivity index is 3.00. The van der Waals surface area contributed by atoms with Gasteiger partial charge in [-0.2, -0.15) is 0 Å². The van der Waals surface area contributed by atoms with Crippen LogP contribution in [0.25, 0.3) is 0 Å². The normalized spacial score (nSPS) is 9.75. The summed E-state index contributed by atoms with van der Waals surface area (Å²) in [6.45, 7) is 0.373. The second-order valence-electron chi connectivity index (χ2n) is 2.27. The molecular weight excluding hydrogens is 158 g/mol. The molecule has 0 aromatic carbocycles. The van der Waals surface area contributed by atoms with Gasteiger partial charge in [-0.05, 0) is 12.6 Å². The standard InChI is InChI=1S/C7H9N3O2/c8-4-3-6-7(10(11)12)2-1-5-9-6/h1-2,5H,3-4,8H2. The highest BCUT2D eigenvalue weighted by Crippen LogP contribution is 2.14. The van der Waals surface area contributed by atoms with Crippen molar-refractivity contribution in [3.63, 3.8) is 0 Å². The molecule has 1 aromatic heterocycles. The summed E-state index contributed by atoms with van der Waals surface area (Å²) in [7, 11) is 0. The highest BCUT2D eigenvalue weighted by Gasteiger charge is 2.11. The second-order valence-corrected chi connectivity index (χ2v) is 2.27. The summed E-state index contributed by atoms with van der Waals surface area (Å²) in [5, 5.41) is 10.4. The van der Waals surface area contributed by atoms with Gasteiger partial charge in [0.15, 0.2) is 0 Å². The molecule has 0 aliphatic rings. The Morgan fingerprint density at radius 3 is 3.00 bits per heavy atom. The zero-order valence-corrected chi connectivity index (χ0v) is 6.43. The highest BCUT2D eigenvalue weighted by atomic mass is 16.6. The number of nitrogens with zero attached hydrogens (tertiary/aromatic N) is 2. The lowest BCUT2D eigenvalue weighted by Gasteiger charge is -1.97. The molecule has 0 bridgehead atoms. The lowest BCUT2D eigenvalue weighted by Crippen LogP contribution is -2.06. The Morgan fingerprint density at radius 2 is 2.42 bits per heavy atom. The fraction of sp³-hybridized carbons (Fsp3) is 0.286. The van der Waals surface area contributed by atoms with Crippen LogP contribution in [0.2, 0.25) is 0 Å². The molecule has 0 aliphatic heterocycles. The quantitative estimate of drug-likeness (QED) is 0.524. The first-order chi connectivity index (χ1) is 5.75. The van der Waals surface area contributed by atoms with E-state index >= 15 is 0 Å². The van der Waals surface area contributed by atoms with Crippen molar-refractivity contribution in [1.29, 1.82) is 0 Å². The van der Waals surface area contributed by atoms with Crippen LogP contribution in [0.5, 0.6) is 0 Å². The number of nitrogens with two attached hydrogens (primary N) is 1. The van der Waals surface area contributed by atoms with Crippen LogP contribution >= 0.6 is 0 Å². The summed E-state index contributed by atoms with van der Waals surface area (Å²) in [6.07, 6.45) is 1.97. The molecule has 0 amide bonds. The average Bonchev–Trinajstić information content (AvgIpc) is 2.05. The maximum atomic E-state index is 10.4. The molecule has 12 heavy (non-hydrogen) atoms. The zero-order chi connectivity index (χ0) is 8.97. The van der Waals surface area contributed by atoms with Crippen LogP contribution in [0.15, 0.2) is 18.3 Å². The van der Waals surface area contributed by atoms with Gasteiger partial charge < -0.3 is 5.73 Å². The maximum absolute atomic E-state index is 10.4. The van der Waals surface area contributed by atoms with E-state index in [4.69, 9.17) is 5.73 Å². The third kappa shape index (κ3) is 1.76. The summed E-state index contributed by atoms with van der Waals surface area (Å²) in [5.41, 5.74) is 5.76. The predicted molar refractivity (Wildman–Crippen MR) is 43.6 cm³/mol. The molecule has 0 spiro atoms. The molecule has 1 rings (SSSR count). The first-order valence-corrected chi connectivity index (χ1v) is 3.54. The first kappa shape index (κ1) is 8.61. The van der Waals surface area contributed by atoms with Crippen molar-refractivity contribution in [2.45, 2.75) is 6.42 Å². The van der Waals surface area contributed by atoms with Gasteiger partial charge in [-0.25, -0.2) is 0 Å². The molecule has 0 unspecified atom stereocenters. The number of nitro groups is 1. The van der Waals surface area contributed by atoms with E-state index in [-0.39, 0.29) is 5.69 Å².